The number of aromatic nitrogens is 2. The Morgan fingerprint density at radius 1 is 1.36 bits per heavy atom. The van der Waals surface area contributed by atoms with Gasteiger partial charge in [-0.15, -0.1) is 16.7 Å². The third-order valence-corrected chi connectivity index (χ3v) is 11.2. The van der Waals surface area contributed by atoms with Crippen molar-refractivity contribution in [2.45, 2.75) is 40.9 Å². The molecule has 3 aliphatic rings. The van der Waals surface area contributed by atoms with Crippen molar-refractivity contribution in [3.8, 4) is 0 Å². The lowest BCUT2D eigenvalue weighted by Gasteiger charge is -2.49. The second-order valence-corrected chi connectivity index (χ2v) is 13.6. The van der Waals surface area contributed by atoms with Gasteiger partial charge < -0.3 is 16.2 Å². The van der Waals surface area contributed by atoms with Crippen LogP contribution in [0.4, 0.5) is 5.13 Å². The third kappa shape index (κ3) is 5.76. The van der Waals surface area contributed by atoms with E-state index in [0.29, 0.717) is 16.4 Å². The Balaban J connectivity index is 1.31. The minimum atomic E-state index is -1.59. The fourth-order valence-corrected chi connectivity index (χ4v) is 9.05. The highest BCUT2D eigenvalue weighted by Crippen LogP contribution is 2.46. The molecule has 2 amide bonds. The van der Waals surface area contributed by atoms with Gasteiger partial charge in [0, 0.05) is 46.8 Å². The summed E-state index contributed by atoms with van der Waals surface area (Å²) in [5, 5.41) is 14.8. The summed E-state index contributed by atoms with van der Waals surface area (Å²) in [5.74, 6) is -1.67. The van der Waals surface area contributed by atoms with Crippen LogP contribution in [0, 0.1) is 4.91 Å². The van der Waals surface area contributed by atoms with Crippen molar-refractivity contribution >= 4 is 81.3 Å². The molecule has 0 spiro atoms. The zero-order chi connectivity index (χ0) is 27.7. The summed E-state index contributed by atoms with van der Waals surface area (Å²) < 4.78 is 2.37. The molecule has 4 N–H and O–H groups in total. The van der Waals surface area contributed by atoms with Crippen molar-refractivity contribution in [3.05, 3.63) is 49.6 Å². The average Bonchev–Trinajstić information content (AvgIpc) is 3.55. The Bertz CT molecular complexity index is 1350. The van der Waals surface area contributed by atoms with Crippen molar-refractivity contribution in [3.63, 3.8) is 0 Å². The lowest BCUT2D eigenvalue weighted by atomic mass is 10.0. The van der Waals surface area contributed by atoms with Crippen LogP contribution in [0.15, 0.2) is 39.1 Å². The summed E-state index contributed by atoms with van der Waals surface area (Å²) in [4.78, 5) is 60.3. The number of rotatable bonds is 10. The van der Waals surface area contributed by atoms with E-state index in [1.165, 1.54) is 41.3 Å². The maximum Gasteiger partial charge on any atom is 0.353 e. The number of β-lactam (4-membered cyclic amide) rings is 1. The fraction of sp³-hybridized carbons (Fsp3) is 0.409. The normalized spacial score (nSPS) is 21.9. The number of anilines is 1. The highest BCUT2D eigenvalue weighted by atomic mass is 35.5. The number of fused-ring (bicyclic) bond motifs is 1. The summed E-state index contributed by atoms with van der Waals surface area (Å²) in [6.45, 7) is 2.09. The largest absolute Gasteiger partial charge is 0.477 e. The summed E-state index contributed by atoms with van der Waals surface area (Å²) >= 11 is 11.3. The number of aliphatic carboxylic acids is 1. The van der Waals surface area contributed by atoms with Crippen LogP contribution in [-0.2, 0) is 20.1 Å². The van der Waals surface area contributed by atoms with Gasteiger partial charge in [0.05, 0.1) is 0 Å². The van der Waals surface area contributed by atoms with E-state index in [0.717, 1.165) is 34.9 Å². The van der Waals surface area contributed by atoms with Crippen LogP contribution in [-0.4, -0.2) is 72.3 Å². The van der Waals surface area contributed by atoms with E-state index in [4.69, 9.17) is 17.3 Å². The molecule has 206 valence electrons. The molecule has 0 bridgehead atoms. The molecular weight excluding hydrogens is 606 g/mol. The summed E-state index contributed by atoms with van der Waals surface area (Å²) in [6, 6.07) is -0.779. The highest BCUT2D eigenvalue weighted by Gasteiger charge is 2.55. The number of nitrogens with zero attached hydrogens (tertiary/aromatic N) is 5. The monoisotopic (exact) mass is 627 g/mol. The number of hydrogen-bond donors (Lipinski definition) is 3. The summed E-state index contributed by atoms with van der Waals surface area (Å²) in [6.07, 6.45) is 5.80. The number of thiazole rings is 1. The Kier molecular flexibility index (Phi) is 8.68. The molecular formula is C22H22ClN7O5S4. The lowest BCUT2D eigenvalue weighted by Crippen LogP contribution is -2.70. The first-order valence-corrected chi connectivity index (χ1v) is 15.7. The number of carboxylic acid groups (broad SMARTS) is 1. The highest BCUT2D eigenvalue weighted by molar-refractivity contribution is 8.06. The summed E-state index contributed by atoms with van der Waals surface area (Å²) in [7, 11) is 0. The van der Waals surface area contributed by atoms with E-state index < -0.39 is 35.2 Å². The van der Waals surface area contributed by atoms with Crippen LogP contribution in [0.2, 0.25) is 4.34 Å². The zero-order valence-corrected chi connectivity index (χ0v) is 24.1. The molecule has 3 aliphatic heterocycles. The molecule has 12 nitrogen and oxygen atoms in total. The van der Waals surface area contributed by atoms with Gasteiger partial charge in [0.1, 0.15) is 27.1 Å². The van der Waals surface area contributed by atoms with Gasteiger partial charge in [-0.3, -0.25) is 23.8 Å². The molecule has 0 radical (unpaired) electrons. The van der Waals surface area contributed by atoms with Gasteiger partial charge in [0.25, 0.3) is 11.8 Å². The van der Waals surface area contributed by atoms with E-state index in [1.54, 1.807) is 24.3 Å². The molecule has 0 aliphatic carbocycles. The van der Waals surface area contributed by atoms with Crippen LogP contribution >= 0.6 is 58.4 Å². The zero-order valence-electron chi connectivity index (χ0n) is 20.1. The Morgan fingerprint density at radius 3 is 2.79 bits per heavy atom. The van der Waals surface area contributed by atoms with E-state index in [9.17, 15) is 24.4 Å². The molecule has 2 aromatic heterocycles. The first-order chi connectivity index (χ1) is 18.8. The molecule has 17 heteroatoms. The first-order valence-electron chi connectivity index (χ1n) is 11.7. The maximum absolute atomic E-state index is 13.1. The number of halogens is 1. The number of nitrogen functional groups attached to an aromatic ring is 1. The first kappa shape index (κ1) is 28.2. The lowest BCUT2D eigenvalue weighted by molar-refractivity contribution is -0.150. The predicted octanol–water partition coefficient (Wildman–Crippen LogP) is 3.31. The van der Waals surface area contributed by atoms with Crippen molar-refractivity contribution in [1.29, 1.82) is 0 Å². The minimum absolute atomic E-state index is 0.0490. The summed E-state index contributed by atoms with van der Waals surface area (Å²) in [5.41, 5.74) is 6.38. The van der Waals surface area contributed by atoms with Crippen molar-refractivity contribution < 1.29 is 19.5 Å². The van der Waals surface area contributed by atoms with Gasteiger partial charge in [0.2, 0.25) is 6.04 Å². The van der Waals surface area contributed by atoms with Crippen LogP contribution in [0.3, 0.4) is 0 Å². The SMILES string of the molecule is Nc1nc(C(N=O)C(=O)N[C@@H]2C(=O)N3C(C(=O)O)=C(Sc4ccncc4CSN4CCCC4)CS[C@@H]23)c(Cl)s1. The fourth-order valence-electron chi connectivity index (χ4n) is 4.35. The van der Waals surface area contributed by atoms with Crippen molar-refractivity contribution in [2.75, 3.05) is 24.6 Å². The quantitative estimate of drug-likeness (QED) is 0.200. The van der Waals surface area contributed by atoms with E-state index in [1.807, 2.05) is 6.07 Å². The standard InChI is InChI=1S/C22H22ClN7O5S4/c23-17-13(27-22(24)39-17)14(28-35)18(31)26-15-19(32)30-16(21(33)34)12(9-36-20(15)30)38-11-3-4-25-7-10(11)8-37-29-5-1-2-6-29/h3-4,7,14-15,20H,1-2,5-6,8-9H2,(H2,24,27)(H,26,31)(H,33,34)/t14?,15-,20+/m1/s1. The molecule has 5 rings (SSSR count). The number of pyridine rings is 1. The van der Waals surface area contributed by atoms with Crippen LogP contribution in [0.25, 0.3) is 0 Å². The number of nitrogens with one attached hydrogen (secondary N) is 1. The second-order valence-electron chi connectivity index (χ2n) is 8.69. The van der Waals surface area contributed by atoms with Gasteiger partial charge in [-0.25, -0.2) is 9.78 Å². The van der Waals surface area contributed by atoms with E-state index in [2.05, 4.69) is 24.8 Å². The van der Waals surface area contributed by atoms with Crippen molar-refractivity contribution in [1.82, 2.24) is 24.5 Å². The molecule has 0 saturated carbocycles. The van der Waals surface area contributed by atoms with Crippen molar-refractivity contribution in [2.24, 2.45) is 5.18 Å². The van der Waals surface area contributed by atoms with Gasteiger partial charge in [0.15, 0.2) is 5.13 Å². The van der Waals surface area contributed by atoms with Gasteiger partial charge >= 0.3 is 5.97 Å². The molecule has 39 heavy (non-hydrogen) atoms. The minimum Gasteiger partial charge on any atom is -0.477 e. The Hall–Kier alpha value is -2.37. The van der Waals surface area contributed by atoms with E-state index >= 15 is 0 Å². The Morgan fingerprint density at radius 2 is 2.13 bits per heavy atom. The van der Waals surface area contributed by atoms with Crippen LogP contribution in [0.5, 0.6) is 0 Å². The number of carbonyl (C=O) groups is 3. The third-order valence-electron chi connectivity index (χ3n) is 6.23. The molecule has 1 unspecified atom stereocenters. The van der Waals surface area contributed by atoms with Gasteiger partial charge in [-0.1, -0.05) is 46.6 Å². The second kappa shape index (κ2) is 12.0. The number of carboxylic acids is 1. The number of thioether (sulfide) groups is 2. The van der Waals surface area contributed by atoms with Crippen LogP contribution < -0.4 is 11.1 Å². The number of nitroso groups, excluding NO2 is 1. The topological polar surface area (TPSA) is 171 Å². The molecule has 2 aromatic rings. The maximum atomic E-state index is 13.1. The number of hydrogen-bond acceptors (Lipinski definition) is 13. The van der Waals surface area contributed by atoms with Crippen LogP contribution in [0.1, 0.15) is 30.1 Å². The van der Waals surface area contributed by atoms with Gasteiger partial charge in [-0.2, -0.15) is 0 Å². The smallest absolute Gasteiger partial charge is 0.353 e. The number of carbonyl (C=O) groups excluding carboxylic acids is 2. The average molecular weight is 628 g/mol. The Labute approximate surface area is 244 Å². The van der Waals surface area contributed by atoms with Gasteiger partial charge in [-0.05, 0) is 29.6 Å². The number of nitrogens with two attached hydrogens (primary N) is 1. The molecule has 3 atom stereocenters. The number of amides is 2. The predicted molar refractivity (Wildman–Crippen MR) is 152 cm³/mol. The van der Waals surface area contributed by atoms with E-state index in [-0.39, 0.29) is 20.9 Å². The molecule has 2 saturated heterocycles. The molecule has 2 fully saturated rings. The molecule has 0 aromatic carbocycles. The molecule has 5 heterocycles.